The van der Waals surface area contributed by atoms with E-state index in [0.29, 0.717) is 11.1 Å². The van der Waals surface area contributed by atoms with Crippen molar-refractivity contribution in [1.29, 1.82) is 0 Å². The summed E-state index contributed by atoms with van der Waals surface area (Å²) >= 11 is 0. The van der Waals surface area contributed by atoms with Gasteiger partial charge in [-0.25, -0.2) is 4.79 Å². The molecule has 0 aromatic heterocycles. The molecule has 2 bridgehead atoms. The number of allylic oxidation sites excluding steroid dienone is 1. The maximum absolute atomic E-state index is 15.5. The minimum absolute atomic E-state index is 0.0113. The van der Waals surface area contributed by atoms with Crippen molar-refractivity contribution in [3.8, 4) is 0 Å². The van der Waals surface area contributed by atoms with Crippen molar-refractivity contribution in [1.82, 2.24) is 5.32 Å². The van der Waals surface area contributed by atoms with Crippen molar-refractivity contribution in [2.75, 3.05) is 6.61 Å². The van der Waals surface area contributed by atoms with Crippen LogP contribution in [0.4, 0.5) is 5.69 Å². The van der Waals surface area contributed by atoms with Gasteiger partial charge in [-0.05, 0) is 62.1 Å². The van der Waals surface area contributed by atoms with Crippen LogP contribution < -0.4 is 5.32 Å². The lowest BCUT2D eigenvalue weighted by Gasteiger charge is -2.67. The standard InChI is InChI=1S/C46H54N4O14/c1-9-23(2)41(57)48-36(27-14-11-10-12-15-27)30(53)19-34(55)62-31-21-46(59)40(63-42(58)28-16-13-17-29(18-28)49-50-47)38-44(8,32(54)20-33-45(38,22-60-33)64-26(5)52)39(56)37(61-25(4)51)35(24(31)3)43(46,6)7/h9-18,30-33,36-38,40,53-54,59H,19-22H2,1-8H3,(H,48,57)/b23-9+/t30-,31-,32-,33+,36-,37+,38?,40-,44+,45-,46+/m0/s1. The van der Waals surface area contributed by atoms with Crippen molar-refractivity contribution >= 4 is 41.3 Å². The summed E-state index contributed by atoms with van der Waals surface area (Å²) in [6.45, 7) is 11.1. The molecule has 2 aromatic rings. The highest BCUT2D eigenvalue weighted by Gasteiger charge is 2.78. The number of carbonyl (C=O) groups excluding carboxylic acids is 6. The molecule has 18 nitrogen and oxygen atoms in total. The Morgan fingerprint density at radius 2 is 1.70 bits per heavy atom. The molecule has 1 amide bonds. The van der Waals surface area contributed by atoms with Crippen molar-refractivity contribution in [2.24, 2.45) is 21.9 Å². The fourth-order valence-electron chi connectivity index (χ4n) is 10.1. The van der Waals surface area contributed by atoms with Gasteiger partial charge in [0.2, 0.25) is 5.91 Å². The fraction of sp³-hybridized carbons (Fsp3) is 0.522. The summed E-state index contributed by atoms with van der Waals surface area (Å²) in [5, 5.41) is 43.7. The normalized spacial score (nSPS) is 31.4. The molecule has 18 heteroatoms. The van der Waals surface area contributed by atoms with Crippen molar-refractivity contribution < 1.29 is 67.8 Å². The molecule has 3 aliphatic carbocycles. The number of aliphatic hydroxyl groups excluding tert-OH is 2. The quantitative estimate of drug-likeness (QED) is 0.0427. The number of carbonyl (C=O) groups is 6. The van der Waals surface area contributed by atoms with E-state index in [9.17, 15) is 39.3 Å². The van der Waals surface area contributed by atoms with Gasteiger partial charge < -0.3 is 44.3 Å². The molecule has 1 heterocycles. The third kappa shape index (κ3) is 8.20. The number of nitrogens with zero attached hydrogens (tertiary/aromatic N) is 3. The minimum atomic E-state index is -2.43. The second-order valence-electron chi connectivity index (χ2n) is 17.7. The molecule has 4 N–H and O–H groups in total. The molecule has 64 heavy (non-hydrogen) atoms. The Kier molecular flexibility index (Phi) is 13.3. The molecule has 2 aromatic carbocycles. The number of Topliss-reactive ketones (excluding diaryl/α,β-unsaturated/α-hetero) is 1. The first-order chi connectivity index (χ1) is 30.1. The van der Waals surface area contributed by atoms with Gasteiger partial charge in [0.25, 0.3) is 0 Å². The topological polar surface area (TPSA) is 270 Å². The summed E-state index contributed by atoms with van der Waals surface area (Å²) in [5.41, 5.74) is 2.00. The van der Waals surface area contributed by atoms with Crippen LogP contribution in [0.1, 0.15) is 96.6 Å². The van der Waals surface area contributed by atoms with Gasteiger partial charge in [-0.15, -0.1) is 0 Å². The summed E-state index contributed by atoms with van der Waals surface area (Å²) in [6.07, 6.45) is -9.25. The highest BCUT2D eigenvalue weighted by Crippen LogP contribution is 2.64. The van der Waals surface area contributed by atoms with E-state index in [2.05, 4.69) is 15.3 Å². The number of ketones is 1. The molecule has 0 radical (unpaired) electrons. The van der Waals surface area contributed by atoms with Crippen LogP contribution in [0.3, 0.4) is 0 Å². The van der Waals surface area contributed by atoms with Crippen molar-refractivity contribution in [2.45, 2.75) is 129 Å². The monoisotopic (exact) mass is 886 g/mol. The van der Waals surface area contributed by atoms with E-state index in [0.717, 1.165) is 13.8 Å². The number of azide groups is 1. The van der Waals surface area contributed by atoms with E-state index < -0.39 is 119 Å². The van der Waals surface area contributed by atoms with E-state index in [1.54, 1.807) is 50.3 Å². The molecular formula is C46H54N4O14. The van der Waals surface area contributed by atoms with Gasteiger partial charge in [-0.2, -0.15) is 0 Å². The molecule has 1 saturated heterocycles. The Morgan fingerprint density at radius 3 is 2.30 bits per heavy atom. The van der Waals surface area contributed by atoms with Crippen LogP contribution in [-0.4, -0.2) is 105 Å². The number of hydrogen-bond donors (Lipinski definition) is 4. The highest BCUT2D eigenvalue weighted by molar-refractivity contribution is 5.96. The molecule has 2 saturated carbocycles. The number of aliphatic hydroxyl groups is 3. The lowest BCUT2D eigenvalue weighted by molar-refractivity contribution is -0.346. The molecule has 1 aliphatic heterocycles. The third-order valence-corrected chi connectivity index (χ3v) is 13.7. The number of rotatable bonds is 12. The van der Waals surface area contributed by atoms with Gasteiger partial charge in [0.15, 0.2) is 17.5 Å². The molecular weight excluding hydrogens is 833 g/mol. The van der Waals surface area contributed by atoms with Gasteiger partial charge >= 0.3 is 23.9 Å². The maximum atomic E-state index is 15.5. The van der Waals surface area contributed by atoms with Gasteiger partial charge in [0.05, 0.1) is 48.2 Å². The molecule has 342 valence electrons. The summed E-state index contributed by atoms with van der Waals surface area (Å²) < 4.78 is 30.2. The van der Waals surface area contributed by atoms with Crippen LogP contribution in [-0.2, 0) is 47.7 Å². The Balaban J connectivity index is 1.52. The van der Waals surface area contributed by atoms with Crippen LogP contribution in [0, 0.1) is 16.7 Å². The molecule has 0 spiro atoms. The summed E-state index contributed by atoms with van der Waals surface area (Å²) in [6, 6.07) is 12.9. The second-order valence-corrected chi connectivity index (χ2v) is 17.7. The van der Waals surface area contributed by atoms with Gasteiger partial charge in [-0.3, -0.25) is 24.0 Å². The Morgan fingerprint density at radius 1 is 1.02 bits per heavy atom. The summed E-state index contributed by atoms with van der Waals surface area (Å²) in [5.74, 6) is -6.76. The van der Waals surface area contributed by atoms with Crippen molar-refractivity contribution in [3.63, 3.8) is 0 Å². The van der Waals surface area contributed by atoms with Gasteiger partial charge in [-0.1, -0.05) is 67.5 Å². The number of amides is 1. The van der Waals surface area contributed by atoms with Crippen molar-refractivity contribution in [3.05, 3.63) is 99.0 Å². The van der Waals surface area contributed by atoms with Crippen LogP contribution in [0.5, 0.6) is 0 Å². The molecule has 1 unspecified atom stereocenters. The predicted octanol–water partition coefficient (Wildman–Crippen LogP) is 4.72. The van der Waals surface area contributed by atoms with Crippen LogP contribution in [0.2, 0.25) is 0 Å². The smallest absolute Gasteiger partial charge is 0.338 e. The lowest BCUT2D eigenvalue weighted by atomic mass is 9.44. The highest BCUT2D eigenvalue weighted by atomic mass is 16.6. The van der Waals surface area contributed by atoms with Crippen LogP contribution >= 0.6 is 0 Å². The first-order valence-corrected chi connectivity index (χ1v) is 20.9. The first-order valence-electron chi connectivity index (χ1n) is 20.9. The Bertz CT molecular complexity index is 2340. The fourth-order valence-corrected chi connectivity index (χ4v) is 10.1. The molecule has 6 rings (SSSR count). The van der Waals surface area contributed by atoms with E-state index in [1.807, 2.05) is 0 Å². The average molecular weight is 887 g/mol. The number of esters is 4. The maximum Gasteiger partial charge on any atom is 0.338 e. The molecule has 3 fully saturated rings. The first kappa shape index (κ1) is 47.6. The van der Waals surface area contributed by atoms with E-state index in [1.165, 1.54) is 52.0 Å². The largest absolute Gasteiger partial charge is 0.458 e. The second kappa shape index (κ2) is 17.9. The third-order valence-electron chi connectivity index (χ3n) is 13.7. The number of fused-ring (bicyclic) bond motifs is 5. The average Bonchev–Trinajstić information content (AvgIpc) is 3.23. The number of benzene rings is 2. The Labute approximate surface area is 369 Å². The summed E-state index contributed by atoms with van der Waals surface area (Å²) in [7, 11) is 0. The number of nitrogens with one attached hydrogen (secondary N) is 1. The van der Waals surface area contributed by atoms with Gasteiger partial charge in [0.1, 0.15) is 23.9 Å². The zero-order valence-corrected chi connectivity index (χ0v) is 36.9. The predicted molar refractivity (Wildman–Crippen MR) is 225 cm³/mol. The van der Waals surface area contributed by atoms with Gasteiger partial charge in [0, 0.05) is 48.3 Å². The van der Waals surface area contributed by atoms with E-state index >= 15 is 4.79 Å². The zero-order chi connectivity index (χ0) is 47.1. The van der Waals surface area contributed by atoms with Crippen LogP contribution in [0.25, 0.3) is 10.4 Å². The lowest BCUT2D eigenvalue weighted by Crippen LogP contribution is -2.82. The minimum Gasteiger partial charge on any atom is -0.458 e. The number of ether oxygens (including phenoxy) is 5. The van der Waals surface area contributed by atoms with E-state index in [-0.39, 0.29) is 35.4 Å². The SMILES string of the molecule is C/C=C(\C)C(=O)N[C@@H](c1ccccc1)[C@@H](O)CC(=O)O[C@H]1C[C@@]2(O)[C@@H](OC(=O)c3cccc(N=[N+]=[N-])c3)C3[C@](C)(C(=O)[C@H](OC(C)=O)C(=C1C)C2(C)C)[C@@H](O)C[C@H]1OC[C@@]31OC(C)=O. The van der Waals surface area contributed by atoms with Crippen LogP contribution in [0.15, 0.2) is 82.5 Å². The molecule has 4 aliphatic rings. The zero-order valence-electron chi connectivity index (χ0n) is 36.9. The van der Waals surface area contributed by atoms with E-state index in [4.69, 9.17) is 29.2 Å². The Hall–Kier alpha value is -5.91. The molecule has 11 atom stereocenters. The number of hydrogen-bond acceptors (Lipinski definition) is 15. The summed E-state index contributed by atoms with van der Waals surface area (Å²) in [4.78, 5) is 85.8.